The maximum atomic E-state index is 11.8. The summed E-state index contributed by atoms with van der Waals surface area (Å²) in [6.45, 7) is 7.05. The first kappa shape index (κ1) is 16.6. The molecule has 0 aliphatic heterocycles. The predicted octanol–water partition coefficient (Wildman–Crippen LogP) is 1.88. The highest BCUT2D eigenvalue weighted by Crippen LogP contribution is 2.21. The second kappa shape index (κ2) is 7.84. The summed E-state index contributed by atoms with van der Waals surface area (Å²) in [6.07, 6.45) is 1.28. The van der Waals surface area contributed by atoms with Gasteiger partial charge in [0.2, 0.25) is 0 Å². The first-order valence-corrected chi connectivity index (χ1v) is 6.22. The Bertz CT molecular complexity index is 307. The highest BCUT2D eigenvalue weighted by molar-refractivity contribution is 6.09. The highest BCUT2D eigenvalue weighted by Gasteiger charge is 2.38. The van der Waals surface area contributed by atoms with Crippen molar-refractivity contribution in [3.05, 3.63) is 0 Å². The zero-order chi connectivity index (χ0) is 14.2. The Hall–Kier alpha value is -1.39. The minimum atomic E-state index is -1.31. The van der Waals surface area contributed by atoms with Crippen molar-refractivity contribution in [2.75, 3.05) is 13.2 Å². The molecule has 18 heavy (non-hydrogen) atoms. The molecule has 5 nitrogen and oxygen atoms in total. The van der Waals surface area contributed by atoms with Gasteiger partial charge in [-0.2, -0.15) is 0 Å². The number of ether oxygens (including phenoxy) is 2. The van der Waals surface area contributed by atoms with Crippen molar-refractivity contribution in [3.63, 3.8) is 0 Å². The van der Waals surface area contributed by atoms with Gasteiger partial charge < -0.3 is 9.47 Å². The molecule has 0 aromatic heterocycles. The Labute approximate surface area is 108 Å². The lowest BCUT2D eigenvalue weighted by Gasteiger charge is -2.20. The Kier molecular flexibility index (Phi) is 7.24. The molecule has 0 aromatic rings. The quantitative estimate of drug-likeness (QED) is 0.377. The summed E-state index contributed by atoms with van der Waals surface area (Å²) in [7, 11) is 0. The molecule has 0 heterocycles. The van der Waals surface area contributed by atoms with Crippen molar-refractivity contribution in [2.24, 2.45) is 5.41 Å². The van der Waals surface area contributed by atoms with Crippen molar-refractivity contribution in [1.29, 1.82) is 0 Å². The molecular weight excluding hydrogens is 236 g/mol. The third-order valence-corrected chi connectivity index (χ3v) is 2.55. The van der Waals surface area contributed by atoms with Crippen LogP contribution in [0.3, 0.4) is 0 Å². The zero-order valence-corrected chi connectivity index (χ0v) is 11.6. The first-order chi connectivity index (χ1) is 8.36. The van der Waals surface area contributed by atoms with Crippen LogP contribution in [0.4, 0.5) is 0 Å². The summed E-state index contributed by atoms with van der Waals surface area (Å²) in [5.41, 5.74) is -1.31. The highest BCUT2D eigenvalue weighted by atomic mass is 16.5. The molecule has 0 bridgehead atoms. The fourth-order valence-electron chi connectivity index (χ4n) is 1.16. The van der Waals surface area contributed by atoms with Crippen molar-refractivity contribution in [3.8, 4) is 0 Å². The molecule has 0 saturated carbocycles. The summed E-state index contributed by atoms with van der Waals surface area (Å²) in [5.74, 6) is -1.69. The lowest BCUT2D eigenvalue weighted by Crippen LogP contribution is -2.36. The summed E-state index contributed by atoms with van der Waals surface area (Å²) in [5, 5.41) is 0. The van der Waals surface area contributed by atoms with Crippen LogP contribution in [-0.4, -0.2) is 30.9 Å². The van der Waals surface area contributed by atoms with E-state index in [1.165, 1.54) is 13.8 Å². The fraction of sp³-hybridized carbons (Fsp3) is 0.769. The second-order valence-electron chi connectivity index (χ2n) is 4.52. The number of rotatable bonds is 8. The van der Waals surface area contributed by atoms with Gasteiger partial charge in [-0.05, 0) is 27.2 Å². The molecule has 0 aromatic carbocycles. The van der Waals surface area contributed by atoms with E-state index in [1.807, 2.05) is 6.92 Å². The van der Waals surface area contributed by atoms with E-state index < -0.39 is 29.6 Å². The number of hydrogen-bond donors (Lipinski definition) is 0. The van der Waals surface area contributed by atoms with Gasteiger partial charge in [-0.25, -0.2) is 0 Å². The molecular formula is C13H22O5. The Morgan fingerprint density at radius 2 is 1.67 bits per heavy atom. The van der Waals surface area contributed by atoms with Crippen LogP contribution in [0.25, 0.3) is 0 Å². The van der Waals surface area contributed by atoms with E-state index in [0.717, 1.165) is 12.8 Å². The van der Waals surface area contributed by atoms with Gasteiger partial charge in [0.05, 0.1) is 13.2 Å². The van der Waals surface area contributed by atoms with Gasteiger partial charge in [0.25, 0.3) is 0 Å². The fourth-order valence-corrected chi connectivity index (χ4v) is 1.16. The van der Waals surface area contributed by atoms with Crippen LogP contribution in [0, 0.1) is 5.41 Å². The van der Waals surface area contributed by atoms with Crippen LogP contribution >= 0.6 is 0 Å². The van der Waals surface area contributed by atoms with Gasteiger partial charge in [0.15, 0.2) is 5.78 Å². The number of hydrogen-bond acceptors (Lipinski definition) is 5. The molecule has 0 saturated heterocycles. The maximum Gasteiger partial charge on any atom is 0.319 e. The molecule has 0 aliphatic carbocycles. The van der Waals surface area contributed by atoms with E-state index in [9.17, 15) is 14.4 Å². The van der Waals surface area contributed by atoms with Gasteiger partial charge >= 0.3 is 11.9 Å². The second-order valence-corrected chi connectivity index (χ2v) is 4.52. The summed E-state index contributed by atoms with van der Waals surface area (Å²) in [4.78, 5) is 34.7. The van der Waals surface area contributed by atoms with Crippen LogP contribution in [0.2, 0.25) is 0 Å². The summed E-state index contributed by atoms with van der Waals surface area (Å²) >= 11 is 0. The van der Waals surface area contributed by atoms with Gasteiger partial charge in [-0.1, -0.05) is 13.3 Å². The van der Waals surface area contributed by atoms with Gasteiger partial charge in [0.1, 0.15) is 11.8 Å². The minimum Gasteiger partial charge on any atom is -0.465 e. The molecule has 0 N–H and O–H groups in total. The lowest BCUT2D eigenvalue weighted by atomic mass is 9.86. The molecule has 0 fully saturated rings. The monoisotopic (exact) mass is 258 g/mol. The van der Waals surface area contributed by atoms with Crippen molar-refractivity contribution < 1.29 is 23.9 Å². The summed E-state index contributed by atoms with van der Waals surface area (Å²) in [6, 6.07) is 0. The van der Waals surface area contributed by atoms with E-state index in [0.29, 0.717) is 6.61 Å². The zero-order valence-electron chi connectivity index (χ0n) is 11.6. The standard InChI is InChI=1S/C13H22O5/c1-5-7-8-18-11(15)9-10(14)13(3,4)12(16)17-6-2/h5-9H2,1-4H3. The maximum absolute atomic E-state index is 11.8. The van der Waals surface area contributed by atoms with Crippen LogP contribution < -0.4 is 0 Å². The van der Waals surface area contributed by atoms with Gasteiger partial charge in [0, 0.05) is 0 Å². The molecule has 0 aliphatic rings. The SMILES string of the molecule is CCCCOC(=O)CC(=O)C(C)(C)C(=O)OCC. The molecule has 104 valence electrons. The molecule has 0 rings (SSSR count). The number of carbonyl (C=O) groups is 3. The van der Waals surface area contributed by atoms with Crippen LogP contribution in [0.5, 0.6) is 0 Å². The van der Waals surface area contributed by atoms with E-state index >= 15 is 0 Å². The number of Topliss-reactive ketones (excluding diaryl/α,β-unsaturated/α-hetero) is 1. The molecule has 0 atom stereocenters. The molecule has 0 amide bonds. The summed E-state index contributed by atoms with van der Waals surface area (Å²) < 4.78 is 9.67. The van der Waals surface area contributed by atoms with E-state index in [-0.39, 0.29) is 6.61 Å². The van der Waals surface area contributed by atoms with E-state index in [2.05, 4.69) is 0 Å². The topological polar surface area (TPSA) is 69.7 Å². The minimum absolute atomic E-state index is 0.205. The lowest BCUT2D eigenvalue weighted by molar-refractivity contribution is -0.159. The number of carbonyl (C=O) groups excluding carboxylic acids is 3. The molecule has 0 radical (unpaired) electrons. The van der Waals surface area contributed by atoms with Crippen LogP contribution in [0.15, 0.2) is 0 Å². The number of esters is 2. The van der Waals surface area contributed by atoms with Crippen LogP contribution in [0.1, 0.15) is 47.0 Å². The average Bonchev–Trinajstić information content (AvgIpc) is 2.29. The largest absolute Gasteiger partial charge is 0.465 e. The van der Waals surface area contributed by atoms with E-state index in [1.54, 1.807) is 6.92 Å². The third-order valence-electron chi connectivity index (χ3n) is 2.55. The molecule has 0 unspecified atom stereocenters. The van der Waals surface area contributed by atoms with E-state index in [4.69, 9.17) is 9.47 Å². The Balaban J connectivity index is 4.29. The third kappa shape index (κ3) is 5.29. The van der Waals surface area contributed by atoms with Gasteiger partial charge in [-0.3, -0.25) is 14.4 Å². The Morgan fingerprint density at radius 3 is 2.17 bits per heavy atom. The smallest absolute Gasteiger partial charge is 0.319 e. The van der Waals surface area contributed by atoms with Crippen molar-refractivity contribution >= 4 is 17.7 Å². The predicted molar refractivity (Wildman–Crippen MR) is 65.9 cm³/mol. The first-order valence-electron chi connectivity index (χ1n) is 6.22. The molecule has 0 spiro atoms. The number of ketones is 1. The average molecular weight is 258 g/mol. The Morgan fingerprint density at radius 1 is 1.06 bits per heavy atom. The van der Waals surface area contributed by atoms with Gasteiger partial charge in [-0.15, -0.1) is 0 Å². The molecule has 5 heteroatoms. The number of unbranched alkanes of at least 4 members (excludes halogenated alkanes) is 1. The van der Waals surface area contributed by atoms with Crippen LogP contribution in [-0.2, 0) is 23.9 Å². The van der Waals surface area contributed by atoms with Crippen molar-refractivity contribution in [2.45, 2.75) is 47.0 Å². The normalized spacial score (nSPS) is 10.9. The van der Waals surface area contributed by atoms with Crippen molar-refractivity contribution in [1.82, 2.24) is 0 Å².